The molecule has 0 aromatic carbocycles. The lowest BCUT2D eigenvalue weighted by Crippen LogP contribution is -2.10. The second-order valence-electron chi connectivity index (χ2n) is 3.25. The molecular weight excluding hydrogens is 208 g/mol. The van der Waals surface area contributed by atoms with Crippen LogP contribution in [-0.4, -0.2) is 11.5 Å². The Morgan fingerprint density at radius 1 is 1.40 bits per heavy atom. The second kappa shape index (κ2) is 5.09. The van der Waals surface area contributed by atoms with E-state index in [0.717, 1.165) is 36.0 Å². The third-order valence-electron chi connectivity index (χ3n) is 2.08. The Morgan fingerprint density at radius 3 is 3.00 bits per heavy atom. The average Bonchev–Trinajstić information content (AvgIpc) is 2.87. The zero-order chi connectivity index (χ0) is 10.5. The largest absolute Gasteiger partial charge is 0.464 e. The molecule has 0 bridgehead atoms. The van der Waals surface area contributed by atoms with E-state index in [1.54, 1.807) is 11.3 Å². The van der Waals surface area contributed by atoms with Crippen molar-refractivity contribution >= 4 is 11.3 Å². The number of nitrogens with one attached hydrogen (secondary N) is 1. The lowest BCUT2D eigenvalue weighted by atomic mass is 10.3. The van der Waals surface area contributed by atoms with Crippen LogP contribution in [0.1, 0.15) is 23.5 Å². The van der Waals surface area contributed by atoms with Gasteiger partial charge in [-0.25, -0.2) is 4.98 Å². The normalized spacial score (nSPS) is 10.7. The third-order valence-corrected chi connectivity index (χ3v) is 2.86. The first-order valence-electron chi connectivity index (χ1n) is 5.05. The Bertz CT molecular complexity index is 394. The molecule has 2 rings (SSSR count). The van der Waals surface area contributed by atoms with Gasteiger partial charge in [0.2, 0.25) is 0 Å². The minimum Gasteiger partial charge on any atom is -0.464 e. The maximum Gasteiger partial charge on any atom is 0.117 e. The molecule has 1 N–H and O–H groups in total. The molecule has 2 aromatic rings. The lowest BCUT2D eigenvalue weighted by Gasteiger charge is -1.96. The summed E-state index contributed by atoms with van der Waals surface area (Å²) in [5, 5.41) is 6.31. The second-order valence-corrected chi connectivity index (χ2v) is 4.23. The SMILES string of the molecule is CCNCc1ccc(Cc2nccs2)o1. The lowest BCUT2D eigenvalue weighted by molar-refractivity contribution is 0.456. The van der Waals surface area contributed by atoms with Gasteiger partial charge in [-0.15, -0.1) is 11.3 Å². The molecule has 0 saturated carbocycles. The molecule has 2 aromatic heterocycles. The highest BCUT2D eigenvalue weighted by atomic mass is 32.1. The molecule has 2 heterocycles. The molecule has 0 spiro atoms. The third kappa shape index (κ3) is 2.91. The molecule has 0 saturated heterocycles. The van der Waals surface area contributed by atoms with Crippen molar-refractivity contribution in [3.63, 3.8) is 0 Å². The monoisotopic (exact) mass is 222 g/mol. The summed E-state index contributed by atoms with van der Waals surface area (Å²) in [5.41, 5.74) is 0. The van der Waals surface area contributed by atoms with Crippen LogP contribution in [0.4, 0.5) is 0 Å². The Balaban J connectivity index is 1.95. The number of thiazole rings is 1. The fourth-order valence-corrected chi connectivity index (χ4v) is 1.98. The van der Waals surface area contributed by atoms with Gasteiger partial charge in [0.05, 0.1) is 18.0 Å². The topological polar surface area (TPSA) is 38.1 Å². The van der Waals surface area contributed by atoms with E-state index < -0.39 is 0 Å². The van der Waals surface area contributed by atoms with Gasteiger partial charge in [0.25, 0.3) is 0 Å². The van der Waals surface area contributed by atoms with Crippen LogP contribution < -0.4 is 5.32 Å². The highest BCUT2D eigenvalue weighted by molar-refractivity contribution is 7.09. The molecule has 0 atom stereocenters. The van der Waals surface area contributed by atoms with E-state index in [2.05, 4.69) is 17.2 Å². The van der Waals surface area contributed by atoms with Crippen molar-refractivity contribution < 1.29 is 4.42 Å². The smallest absolute Gasteiger partial charge is 0.117 e. The number of furan rings is 1. The van der Waals surface area contributed by atoms with E-state index in [0.29, 0.717) is 0 Å². The van der Waals surface area contributed by atoms with Crippen LogP contribution in [0, 0.1) is 0 Å². The zero-order valence-corrected chi connectivity index (χ0v) is 9.51. The fraction of sp³-hybridized carbons (Fsp3) is 0.364. The van der Waals surface area contributed by atoms with Crippen molar-refractivity contribution in [2.24, 2.45) is 0 Å². The summed E-state index contributed by atoms with van der Waals surface area (Å²) in [5.74, 6) is 1.97. The molecule has 0 aliphatic carbocycles. The molecular formula is C11H14N2OS. The van der Waals surface area contributed by atoms with Crippen LogP contribution >= 0.6 is 11.3 Å². The van der Waals surface area contributed by atoms with Gasteiger partial charge in [-0.2, -0.15) is 0 Å². The molecule has 0 unspecified atom stereocenters. The van der Waals surface area contributed by atoms with Gasteiger partial charge in [-0.3, -0.25) is 0 Å². The zero-order valence-electron chi connectivity index (χ0n) is 8.69. The van der Waals surface area contributed by atoms with Gasteiger partial charge < -0.3 is 9.73 Å². The Hall–Kier alpha value is -1.13. The van der Waals surface area contributed by atoms with Gasteiger partial charge in [0, 0.05) is 11.6 Å². The van der Waals surface area contributed by atoms with Crippen molar-refractivity contribution in [1.29, 1.82) is 0 Å². The summed E-state index contributed by atoms with van der Waals surface area (Å²) < 4.78 is 5.66. The summed E-state index contributed by atoms with van der Waals surface area (Å²) in [6.07, 6.45) is 2.62. The predicted octanol–water partition coefficient (Wildman–Crippen LogP) is 2.44. The molecule has 0 radical (unpaired) electrons. The Kier molecular flexibility index (Phi) is 3.53. The summed E-state index contributed by atoms with van der Waals surface area (Å²) >= 11 is 1.66. The maximum absolute atomic E-state index is 5.66. The molecule has 3 nitrogen and oxygen atoms in total. The summed E-state index contributed by atoms with van der Waals surface area (Å²) in [6.45, 7) is 3.84. The van der Waals surface area contributed by atoms with Crippen LogP contribution in [-0.2, 0) is 13.0 Å². The molecule has 0 aliphatic rings. The molecule has 0 aliphatic heterocycles. The molecule has 0 fully saturated rings. The quantitative estimate of drug-likeness (QED) is 0.844. The number of hydrogen-bond acceptors (Lipinski definition) is 4. The first kappa shape index (κ1) is 10.4. The molecule has 4 heteroatoms. The first-order chi connectivity index (χ1) is 7.38. The highest BCUT2D eigenvalue weighted by Gasteiger charge is 2.04. The molecule has 15 heavy (non-hydrogen) atoms. The van der Waals surface area contributed by atoms with Gasteiger partial charge in [-0.1, -0.05) is 6.92 Å². The van der Waals surface area contributed by atoms with Crippen molar-refractivity contribution in [3.05, 3.63) is 40.2 Å². The average molecular weight is 222 g/mol. The standard InChI is InChI=1S/C11H14N2OS/c1-2-12-8-10-4-3-9(14-10)7-11-13-5-6-15-11/h3-6,12H,2,7-8H2,1H3. The van der Waals surface area contributed by atoms with Gasteiger partial charge in [-0.05, 0) is 18.7 Å². The molecule has 80 valence electrons. The summed E-state index contributed by atoms with van der Waals surface area (Å²) in [7, 11) is 0. The van der Waals surface area contributed by atoms with E-state index in [-0.39, 0.29) is 0 Å². The van der Waals surface area contributed by atoms with Crippen LogP contribution in [0.5, 0.6) is 0 Å². The predicted molar refractivity (Wildman–Crippen MR) is 61.0 cm³/mol. The van der Waals surface area contributed by atoms with Crippen LogP contribution in [0.3, 0.4) is 0 Å². The van der Waals surface area contributed by atoms with E-state index in [9.17, 15) is 0 Å². The number of aromatic nitrogens is 1. The van der Waals surface area contributed by atoms with Crippen LogP contribution in [0.25, 0.3) is 0 Å². The Labute approximate surface area is 93.2 Å². The highest BCUT2D eigenvalue weighted by Crippen LogP contribution is 2.14. The minimum atomic E-state index is 0.795. The minimum absolute atomic E-state index is 0.795. The van der Waals surface area contributed by atoms with E-state index in [1.165, 1.54) is 0 Å². The van der Waals surface area contributed by atoms with Crippen LogP contribution in [0.2, 0.25) is 0 Å². The van der Waals surface area contributed by atoms with Crippen molar-refractivity contribution in [1.82, 2.24) is 10.3 Å². The van der Waals surface area contributed by atoms with Crippen molar-refractivity contribution in [3.8, 4) is 0 Å². The first-order valence-corrected chi connectivity index (χ1v) is 5.93. The Morgan fingerprint density at radius 2 is 2.27 bits per heavy atom. The van der Waals surface area contributed by atoms with Gasteiger partial charge >= 0.3 is 0 Å². The fourth-order valence-electron chi connectivity index (χ4n) is 1.35. The van der Waals surface area contributed by atoms with E-state index >= 15 is 0 Å². The molecule has 0 amide bonds. The maximum atomic E-state index is 5.66. The van der Waals surface area contributed by atoms with E-state index in [1.807, 2.05) is 23.7 Å². The van der Waals surface area contributed by atoms with E-state index in [4.69, 9.17) is 4.42 Å². The summed E-state index contributed by atoms with van der Waals surface area (Å²) in [6, 6.07) is 4.04. The summed E-state index contributed by atoms with van der Waals surface area (Å²) in [4.78, 5) is 4.23. The van der Waals surface area contributed by atoms with Crippen molar-refractivity contribution in [2.45, 2.75) is 19.9 Å². The number of nitrogens with zero attached hydrogens (tertiary/aromatic N) is 1. The van der Waals surface area contributed by atoms with Crippen molar-refractivity contribution in [2.75, 3.05) is 6.54 Å². The number of rotatable bonds is 5. The number of hydrogen-bond donors (Lipinski definition) is 1. The van der Waals surface area contributed by atoms with Crippen LogP contribution in [0.15, 0.2) is 28.1 Å². The van der Waals surface area contributed by atoms with Gasteiger partial charge in [0.1, 0.15) is 11.5 Å². The van der Waals surface area contributed by atoms with Gasteiger partial charge in [0.15, 0.2) is 0 Å².